The number of aromatic nitrogens is 2. The van der Waals surface area contributed by atoms with Crippen LogP contribution in [0, 0.1) is 0 Å². The Morgan fingerprint density at radius 3 is 2.94 bits per heavy atom. The zero-order valence-electron chi connectivity index (χ0n) is 16.9. The molecule has 4 aromatic rings. The molecule has 0 fully saturated rings. The Labute approximate surface area is 180 Å². The molecule has 0 amide bonds. The number of furan rings is 1. The Morgan fingerprint density at radius 2 is 2.16 bits per heavy atom. The molecule has 1 aliphatic heterocycles. The predicted molar refractivity (Wildman–Crippen MR) is 117 cm³/mol. The first kappa shape index (κ1) is 19.3. The first-order valence-electron chi connectivity index (χ1n) is 9.87. The Kier molecular flexibility index (Phi) is 4.71. The number of para-hydroxylation sites is 1. The summed E-state index contributed by atoms with van der Waals surface area (Å²) >= 11 is 1.29. The van der Waals surface area contributed by atoms with E-state index < -0.39 is 12.0 Å². The largest absolute Gasteiger partial charge is 0.467 e. The highest BCUT2D eigenvalue weighted by molar-refractivity contribution is 7.07. The number of esters is 1. The van der Waals surface area contributed by atoms with Crippen LogP contribution in [0.1, 0.15) is 31.2 Å². The van der Waals surface area contributed by atoms with Crippen molar-refractivity contribution in [3.63, 3.8) is 0 Å². The Morgan fingerprint density at radius 1 is 1.32 bits per heavy atom. The molecule has 1 unspecified atom stereocenters. The standard InChI is InChI=1S/C23H19N3O4S/c1-3-29-22(28)19-13(2)25-23-26(20(19)17-9-6-10-30-17)21(27)18(31-23)11-14-12-24-16-8-5-4-7-15(14)16/h4-12,20,24H,3H2,1-2H3/b18-11-. The third kappa shape index (κ3) is 3.16. The molecule has 1 N–H and O–H groups in total. The zero-order valence-corrected chi connectivity index (χ0v) is 17.7. The lowest BCUT2D eigenvalue weighted by Crippen LogP contribution is -2.39. The fourth-order valence-electron chi connectivity index (χ4n) is 3.86. The minimum atomic E-state index is -0.726. The monoisotopic (exact) mass is 433 g/mol. The number of hydrogen-bond donors (Lipinski definition) is 1. The van der Waals surface area contributed by atoms with Gasteiger partial charge in [0.05, 0.1) is 28.7 Å². The smallest absolute Gasteiger partial charge is 0.338 e. The van der Waals surface area contributed by atoms with Crippen LogP contribution in [-0.4, -0.2) is 22.1 Å². The van der Waals surface area contributed by atoms with Crippen LogP contribution in [-0.2, 0) is 9.53 Å². The average Bonchev–Trinajstić information content (AvgIpc) is 3.48. The van der Waals surface area contributed by atoms with Crippen molar-refractivity contribution in [3.8, 4) is 0 Å². The van der Waals surface area contributed by atoms with E-state index in [0.29, 0.717) is 26.4 Å². The van der Waals surface area contributed by atoms with Crippen molar-refractivity contribution in [2.24, 2.45) is 4.99 Å². The van der Waals surface area contributed by atoms with Gasteiger partial charge in [0, 0.05) is 22.7 Å². The van der Waals surface area contributed by atoms with E-state index in [9.17, 15) is 9.59 Å². The SMILES string of the molecule is CCOC(=O)C1=C(C)N=c2s/c(=C\c3c[nH]c4ccccc34)c(=O)n2C1c1ccco1. The molecule has 5 rings (SSSR count). The van der Waals surface area contributed by atoms with E-state index in [4.69, 9.17) is 9.15 Å². The van der Waals surface area contributed by atoms with Gasteiger partial charge in [-0.15, -0.1) is 0 Å². The van der Waals surface area contributed by atoms with Crippen LogP contribution >= 0.6 is 11.3 Å². The van der Waals surface area contributed by atoms with Gasteiger partial charge in [0.15, 0.2) is 4.80 Å². The second-order valence-corrected chi connectivity index (χ2v) is 8.12. The second-order valence-electron chi connectivity index (χ2n) is 7.11. The molecule has 31 heavy (non-hydrogen) atoms. The molecule has 0 bridgehead atoms. The molecule has 0 aliphatic carbocycles. The van der Waals surface area contributed by atoms with E-state index in [1.165, 1.54) is 22.2 Å². The van der Waals surface area contributed by atoms with Crippen LogP contribution in [0.5, 0.6) is 0 Å². The first-order chi connectivity index (χ1) is 15.1. The third-order valence-electron chi connectivity index (χ3n) is 5.24. The summed E-state index contributed by atoms with van der Waals surface area (Å²) in [4.78, 5) is 34.5. The van der Waals surface area contributed by atoms with Gasteiger partial charge in [-0.3, -0.25) is 9.36 Å². The van der Waals surface area contributed by atoms with Gasteiger partial charge in [0.2, 0.25) is 0 Å². The summed E-state index contributed by atoms with van der Waals surface area (Å²) in [7, 11) is 0. The lowest BCUT2D eigenvalue weighted by atomic mass is 10.0. The lowest BCUT2D eigenvalue weighted by Gasteiger charge is -2.22. The molecule has 1 aromatic carbocycles. The summed E-state index contributed by atoms with van der Waals surface area (Å²) in [6.45, 7) is 3.72. The maximum absolute atomic E-state index is 13.5. The fourth-order valence-corrected chi connectivity index (χ4v) is 4.90. The maximum Gasteiger partial charge on any atom is 0.338 e. The molecule has 0 radical (unpaired) electrons. The van der Waals surface area contributed by atoms with Crippen molar-refractivity contribution in [2.75, 3.05) is 6.61 Å². The molecule has 1 atom stereocenters. The maximum atomic E-state index is 13.5. The number of H-pyrrole nitrogens is 1. The highest BCUT2D eigenvalue weighted by atomic mass is 32.1. The number of carbonyl (C=O) groups excluding carboxylic acids is 1. The summed E-state index contributed by atoms with van der Waals surface area (Å²) in [5.41, 5.74) is 2.50. The summed E-state index contributed by atoms with van der Waals surface area (Å²) in [5, 5.41) is 1.03. The topological polar surface area (TPSA) is 89.6 Å². The minimum absolute atomic E-state index is 0.228. The number of aromatic amines is 1. The molecule has 4 heterocycles. The minimum Gasteiger partial charge on any atom is -0.467 e. The van der Waals surface area contributed by atoms with Gasteiger partial charge in [-0.25, -0.2) is 9.79 Å². The molecular formula is C23H19N3O4S. The van der Waals surface area contributed by atoms with Crippen LogP contribution < -0.4 is 14.9 Å². The quantitative estimate of drug-likeness (QED) is 0.501. The van der Waals surface area contributed by atoms with E-state index in [1.807, 2.05) is 36.5 Å². The molecule has 8 heteroatoms. The van der Waals surface area contributed by atoms with Crippen LogP contribution in [0.2, 0.25) is 0 Å². The molecule has 0 saturated heterocycles. The molecule has 7 nitrogen and oxygen atoms in total. The van der Waals surface area contributed by atoms with E-state index in [2.05, 4.69) is 9.98 Å². The van der Waals surface area contributed by atoms with E-state index >= 15 is 0 Å². The molecule has 0 spiro atoms. The van der Waals surface area contributed by atoms with Crippen molar-refractivity contribution in [1.29, 1.82) is 0 Å². The molecule has 1 aliphatic rings. The summed E-state index contributed by atoms with van der Waals surface area (Å²) in [5.74, 6) is -0.0202. The van der Waals surface area contributed by atoms with Gasteiger partial charge in [0.25, 0.3) is 5.56 Å². The van der Waals surface area contributed by atoms with Crippen LogP contribution in [0.25, 0.3) is 17.0 Å². The number of thiazole rings is 1. The number of hydrogen-bond acceptors (Lipinski definition) is 6. The highest BCUT2D eigenvalue weighted by Gasteiger charge is 2.35. The van der Waals surface area contributed by atoms with Crippen LogP contribution in [0.15, 0.2) is 74.3 Å². The van der Waals surface area contributed by atoms with Gasteiger partial charge in [-0.1, -0.05) is 29.5 Å². The molecule has 3 aromatic heterocycles. The predicted octanol–water partition coefficient (Wildman–Crippen LogP) is 2.87. The third-order valence-corrected chi connectivity index (χ3v) is 6.22. The molecular weight excluding hydrogens is 414 g/mol. The van der Waals surface area contributed by atoms with Crippen molar-refractivity contribution in [1.82, 2.24) is 9.55 Å². The average molecular weight is 433 g/mol. The Balaban J connectivity index is 1.73. The van der Waals surface area contributed by atoms with E-state index in [1.54, 1.807) is 26.0 Å². The zero-order chi connectivity index (χ0) is 21.5. The second kappa shape index (κ2) is 7.55. The number of rotatable bonds is 4. The number of allylic oxidation sites excluding steroid dienone is 1. The lowest BCUT2D eigenvalue weighted by molar-refractivity contribution is -0.139. The van der Waals surface area contributed by atoms with Gasteiger partial charge in [-0.05, 0) is 38.1 Å². The fraction of sp³-hybridized carbons (Fsp3) is 0.174. The number of fused-ring (bicyclic) bond motifs is 2. The van der Waals surface area contributed by atoms with Crippen molar-refractivity contribution in [3.05, 3.63) is 91.1 Å². The van der Waals surface area contributed by atoms with Gasteiger partial charge in [0.1, 0.15) is 11.8 Å². The van der Waals surface area contributed by atoms with Crippen molar-refractivity contribution < 1.29 is 13.9 Å². The number of benzene rings is 1. The van der Waals surface area contributed by atoms with Crippen LogP contribution in [0.3, 0.4) is 0 Å². The Hall–Kier alpha value is -3.65. The number of ether oxygens (including phenoxy) is 1. The number of carbonyl (C=O) groups is 1. The van der Waals surface area contributed by atoms with E-state index in [0.717, 1.165) is 16.5 Å². The summed E-state index contributed by atoms with van der Waals surface area (Å²) in [6.07, 6.45) is 5.25. The van der Waals surface area contributed by atoms with Gasteiger partial charge >= 0.3 is 5.97 Å². The number of nitrogens with one attached hydrogen (secondary N) is 1. The van der Waals surface area contributed by atoms with Crippen molar-refractivity contribution in [2.45, 2.75) is 19.9 Å². The normalized spacial score (nSPS) is 16.5. The van der Waals surface area contributed by atoms with Crippen molar-refractivity contribution >= 4 is 34.3 Å². The number of nitrogens with zero attached hydrogens (tertiary/aromatic N) is 2. The van der Waals surface area contributed by atoms with E-state index in [-0.39, 0.29) is 12.2 Å². The molecule has 0 saturated carbocycles. The van der Waals surface area contributed by atoms with Gasteiger partial charge in [-0.2, -0.15) is 0 Å². The summed E-state index contributed by atoms with van der Waals surface area (Å²) in [6, 6.07) is 10.7. The molecule has 156 valence electrons. The van der Waals surface area contributed by atoms with Gasteiger partial charge < -0.3 is 14.1 Å². The van der Waals surface area contributed by atoms with Crippen LogP contribution in [0.4, 0.5) is 0 Å². The first-order valence-corrected chi connectivity index (χ1v) is 10.7. The highest BCUT2D eigenvalue weighted by Crippen LogP contribution is 2.30. The Bertz CT molecular complexity index is 1500. The summed E-state index contributed by atoms with van der Waals surface area (Å²) < 4.78 is 12.9.